The highest BCUT2D eigenvalue weighted by atomic mass is 16.5. The molecule has 0 heterocycles. The van der Waals surface area contributed by atoms with Gasteiger partial charge in [-0.05, 0) is 38.0 Å². The van der Waals surface area contributed by atoms with Gasteiger partial charge in [0, 0.05) is 6.61 Å². The minimum absolute atomic E-state index is 0.0551. The first kappa shape index (κ1) is 11.5. The van der Waals surface area contributed by atoms with Crippen LogP contribution in [0, 0.1) is 17.8 Å². The number of rotatable bonds is 4. The van der Waals surface area contributed by atoms with E-state index in [9.17, 15) is 4.79 Å². The fourth-order valence-corrected chi connectivity index (χ4v) is 2.37. The average molecular weight is 200 g/mol. The molecule has 0 aromatic rings. The summed E-state index contributed by atoms with van der Waals surface area (Å²) >= 11 is 0. The zero-order valence-corrected chi connectivity index (χ0v) is 9.03. The molecule has 3 atom stereocenters. The van der Waals surface area contributed by atoms with Gasteiger partial charge in [-0.2, -0.15) is 0 Å². The van der Waals surface area contributed by atoms with Crippen molar-refractivity contribution in [3.8, 4) is 0 Å². The van der Waals surface area contributed by atoms with E-state index in [1.54, 1.807) is 0 Å². The number of aliphatic hydroxyl groups excluding tert-OH is 1. The van der Waals surface area contributed by atoms with Crippen molar-refractivity contribution in [2.45, 2.75) is 33.1 Å². The maximum absolute atomic E-state index is 11.5. The summed E-state index contributed by atoms with van der Waals surface area (Å²) < 4.78 is 5.02. The Morgan fingerprint density at radius 2 is 2.21 bits per heavy atom. The van der Waals surface area contributed by atoms with Crippen LogP contribution in [0.15, 0.2) is 0 Å². The normalized spacial score (nSPS) is 31.8. The summed E-state index contributed by atoms with van der Waals surface area (Å²) in [7, 11) is 0. The second kappa shape index (κ2) is 5.35. The average Bonchev–Trinajstić information content (AvgIpc) is 2.48. The molecular weight excluding hydrogens is 180 g/mol. The van der Waals surface area contributed by atoms with E-state index in [0.29, 0.717) is 18.4 Å². The number of ether oxygens (including phenoxy) is 1. The molecule has 0 aliphatic heterocycles. The van der Waals surface area contributed by atoms with Crippen LogP contribution in [-0.4, -0.2) is 24.3 Å². The summed E-state index contributed by atoms with van der Waals surface area (Å²) in [4.78, 5) is 11.5. The van der Waals surface area contributed by atoms with Crippen LogP contribution in [0.1, 0.15) is 33.1 Å². The van der Waals surface area contributed by atoms with Gasteiger partial charge in [0.15, 0.2) is 0 Å². The van der Waals surface area contributed by atoms with Crippen LogP contribution in [-0.2, 0) is 9.53 Å². The summed E-state index contributed by atoms with van der Waals surface area (Å²) in [5.74, 6) is 0.918. The molecular formula is C11H20O3. The van der Waals surface area contributed by atoms with Crippen molar-refractivity contribution < 1.29 is 14.6 Å². The van der Waals surface area contributed by atoms with Gasteiger partial charge in [-0.15, -0.1) is 0 Å². The molecule has 1 aliphatic carbocycles. The summed E-state index contributed by atoms with van der Waals surface area (Å²) in [6.45, 7) is 4.63. The van der Waals surface area contributed by atoms with Gasteiger partial charge in [0.05, 0.1) is 12.5 Å². The summed E-state index contributed by atoms with van der Waals surface area (Å²) in [6, 6.07) is 0. The molecule has 1 aliphatic rings. The molecule has 0 amide bonds. The van der Waals surface area contributed by atoms with E-state index in [2.05, 4.69) is 6.92 Å². The van der Waals surface area contributed by atoms with E-state index in [4.69, 9.17) is 9.84 Å². The third kappa shape index (κ3) is 2.71. The van der Waals surface area contributed by atoms with E-state index >= 15 is 0 Å². The smallest absolute Gasteiger partial charge is 0.309 e. The molecule has 1 rings (SSSR count). The quantitative estimate of drug-likeness (QED) is 0.701. The molecule has 1 saturated carbocycles. The Labute approximate surface area is 85.5 Å². The first-order valence-electron chi connectivity index (χ1n) is 5.46. The van der Waals surface area contributed by atoms with Crippen molar-refractivity contribution in [3.63, 3.8) is 0 Å². The molecule has 0 aromatic heterocycles. The lowest BCUT2D eigenvalue weighted by atomic mass is 9.99. The Morgan fingerprint density at radius 1 is 1.50 bits per heavy atom. The van der Waals surface area contributed by atoms with E-state index < -0.39 is 0 Å². The van der Waals surface area contributed by atoms with Crippen molar-refractivity contribution in [2.75, 3.05) is 13.2 Å². The standard InChI is InChI=1S/C11H20O3/c1-3-14-11(13)10-7-9(4-5-12)6-8(10)2/h8-10,12H,3-7H2,1-2H3/t8?,9-,10?/m0/s1. The summed E-state index contributed by atoms with van der Waals surface area (Å²) in [5.41, 5.74) is 0. The largest absolute Gasteiger partial charge is 0.466 e. The predicted molar refractivity (Wildman–Crippen MR) is 53.7 cm³/mol. The SMILES string of the molecule is CCOC(=O)C1C[C@@H](CCO)CC1C. The Bertz CT molecular complexity index is 191. The second-order valence-corrected chi connectivity index (χ2v) is 4.19. The van der Waals surface area contributed by atoms with Crippen molar-refractivity contribution >= 4 is 5.97 Å². The van der Waals surface area contributed by atoms with E-state index in [0.717, 1.165) is 19.3 Å². The van der Waals surface area contributed by atoms with Gasteiger partial charge in [-0.3, -0.25) is 4.79 Å². The van der Waals surface area contributed by atoms with Gasteiger partial charge in [0.1, 0.15) is 0 Å². The predicted octanol–water partition coefficient (Wildman–Crippen LogP) is 1.59. The van der Waals surface area contributed by atoms with Crippen molar-refractivity contribution in [1.29, 1.82) is 0 Å². The minimum Gasteiger partial charge on any atom is -0.466 e. The first-order chi connectivity index (χ1) is 6.69. The van der Waals surface area contributed by atoms with Crippen LogP contribution in [0.5, 0.6) is 0 Å². The van der Waals surface area contributed by atoms with Crippen LogP contribution in [0.4, 0.5) is 0 Å². The van der Waals surface area contributed by atoms with Gasteiger partial charge in [0.2, 0.25) is 0 Å². The van der Waals surface area contributed by atoms with Crippen LogP contribution >= 0.6 is 0 Å². The molecule has 14 heavy (non-hydrogen) atoms. The van der Waals surface area contributed by atoms with Crippen LogP contribution in [0.25, 0.3) is 0 Å². The molecule has 0 bridgehead atoms. The van der Waals surface area contributed by atoms with Crippen LogP contribution < -0.4 is 0 Å². The third-order valence-electron chi connectivity index (χ3n) is 3.11. The van der Waals surface area contributed by atoms with Crippen molar-refractivity contribution in [1.82, 2.24) is 0 Å². The van der Waals surface area contributed by atoms with Gasteiger partial charge < -0.3 is 9.84 Å². The molecule has 0 radical (unpaired) electrons. The third-order valence-corrected chi connectivity index (χ3v) is 3.11. The zero-order valence-electron chi connectivity index (χ0n) is 9.03. The maximum Gasteiger partial charge on any atom is 0.309 e. The van der Waals surface area contributed by atoms with E-state index in [1.165, 1.54) is 0 Å². The lowest BCUT2D eigenvalue weighted by Crippen LogP contribution is -2.19. The molecule has 1 fully saturated rings. The highest BCUT2D eigenvalue weighted by Gasteiger charge is 2.36. The number of hydrogen-bond acceptors (Lipinski definition) is 3. The molecule has 0 aromatic carbocycles. The Balaban J connectivity index is 2.43. The van der Waals surface area contributed by atoms with Gasteiger partial charge >= 0.3 is 5.97 Å². The van der Waals surface area contributed by atoms with E-state index in [1.807, 2.05) is 6.92 Å². The number of carbonyl (C=O) groups excluding carboxylic acids is 1. The Hall–Kier alpha value is -0.570. The Morgan fingerprint density at radius 3 is 2.79 bits per heavy atom. The minimum atomic E-state index is -0.0551. The van der Waals surface area contributed by atoms with Gasteiger partial charge in [-0.25, -0.2) is 0 Å². The van der Waals surface area contributed by atoms with Crippen LogP contribution in [0.3, 0.4) is 0 Å². The number of carbonyl (C=O) groups is 1. The van der Waals surface area contributed by atoms with Gasteiger partial charge in [-0.1, -0.05) is 6.92 Å². The first-order valence-corrected chi connectivity index (χ1v) is 5.46. The highest BCUT2D eigenvalue weighted by Crippen LogP contribution is 2.38. The number of esters is 1. The summed E-state index contributed by atoms with van der Waals surface area (Å²) in [5, 5.41) is 8.82. The Kier molecular flexibility index (Phi) is 4.39. The lowest BCUT2D eigenvalue weighted by Gasteiger charge is -2.12. The molecule has 3 heteroatoms. The van der Waals surface area contributed by atoms with Crippen LogP contribution in [0.2, 0.25) is 0 Å². The number of aliphatic hydroxyl groups is 1. The second-order valence-electron chi connectivity index (χ2n) is 4.19. The fraction of sp³-hybridized carbons (Fsp3) is 0.909. The van der Waals surface area contributed by atoms with E-state index in [-0.39, 0.29) is 18.5 Å². The molecule has 2 unspecified atom stereocenters. The number of hydrogen-bond donors (Lipinski definition) is 1. The zero-order chi connectivity index (χ0) is 10.6. The summed E-state index contributed by atoms with van der Waals surface area (Å²) in [6.07, 6.45) is 2.75. The molecule has 82 valence electrons. The highest BCUT2D eigenvalue weighted by molar-refractivity contribution is 5.73. The molecule has 3 nitrogen and oxygen atoms in total. The van der Waals surface area contributed by atoms with Gasteiger partial charge in [0.25, 0.3) is 0 Å². The molecule has 0 saturated heterocycles. The van der Waals surface area contributed by atoms with Crippen molar-refractivity contribution in [2.24, 2.45) is 17.8 Å². The fourth-order valence-electron chi connectivity index (χ4n) is 2.37. The monoisotopic (exact) mass is 200 g/mol. The molecule has 1 N–H and O–H groups in total. The maximum atomic E-state index is 11.5. The molecule has 0 spiro atoms. The lowest BCUT2D eigenvalue weighted by molar-refractivity contribution is -0.149. The van der Waals surface area contributed by atoms with Crippen molar-refractivity contribution in [3.05, 3.63) is 0 Å². The topological polar surface area (TPSA) is 46.5 Å².